The van der Waals surface area contributed by atoms with Crippen molar-refractivity contribution in [2.45, 2.75) is 6.42 Å². The standard InChI is InChI=1S/C12H13N3O2/c1-15-6-5-11(14-15)13-12(17)8-9-3-2-4-10(16)7-9/h2-7,16H,8H2,1H3,(H,13,14,17). The first-order valence-corrected chi connectivity index (χ1v) is 5.21. The predicted molar refractivity (Wildman–Crippen MR) is 63.6 cm³/mol. The van der Waals surface area contributed by atoms with Crippen LogP contribution in [0, 0.1) is 0 Å². The Bertz CT molecular complexity index is 534. The predicted octanol–water partition coefficient (Wildman–Crippen LogP) is 1.31. The van der Waals surface area contributed by atoms with Crippen LogP contribution < -0.4 is 5.32 Å². The fourth-order valence-corrected chi connectivity index (χ4v) is 1.52. The quantitative estimate of drug-likeness (QED) is 0.836. The summed E-state index contributed by atoms with van der Waals surface area (Å²) < 4.78 is 1.62. The van der Waals surface area contributed by atoms with E-state index in [-0.39, 0.29) is 18.1 Å². The molecule has 1 aromatic carbocycles. The first kappa shape index (κ1) is 11.2. The first-order chi connectivity index (χ1) is 8.13. The largest absolute Gasteiger partial charge is 0.508 e. The number of phenolic OH excluding ortho intramolecular Hbond substituents is 1. The van der Waals surface area contributed by atoms with E-state index in [0.29, 0.717) is 5.82 Å². The normalized spacial score (nSPS) is 10.2. The van der Waals surface area contributed by atoms with Crippen molar-refractivity contribution in [1.82, 2.24) is 9.78 Å². The molecular formula is C12H13N3O2. The molecule has 0 atom stereocenters. The number of phenols is 1. The zero-order valence-corrected chi connectivity index (χ0v) is 9.42. The van der Waals surface area contributed by atoms with E-state index in [1.807, 2.05) is 0 Å². The van der Waals surface area contributed by atoms with Crippen molar-refractivity contribution >= 4 is 11.7 Å². The highest BCUT2D eigenvalue weighted by Crippen LogP contribution is 2.12. The highest BCUT2D eigenvalue weighted by Gasteiger charge is 2.06. The van der Waals surface area contributed by atoms with Gasteiger partial charge in [0.2, 0.25) is 5.91 Å². The summed E-state index contributed by atoms with van der Waals surface area (Å²) in [4.78, 5) is 11.7. The number of aromatic nitrogens is 2. The number of aryl methyl sites for hydroxylation is 1. The van der Waals surface area contributed by atoms with Gasteiger partial charge in [-0.1, -0.05) is 12.1 Å². The molecule has 0 aliphatic carbocycles. The van der Waals surface area contributed by atoms with E-state index >= 15 is 0 Å². The number of aromatic hydroxyl groups is 1. The Morgan fingerprint density at radius 2 is 2.29 bits per heavy atom. The molecule has 0 aliphatic heterocycles. The van der Waals surface area contributed by atoms with Crippen LogP contribution in [-0.4, -0.2) is 20.8 Å². The van der Waals surface area contributed by atoms with Crippen molar-refractivity contribution in [2.75, 3.05) is 5.32 Å². The Balaban J connectivity index is 1.98. The molecule has 0 saturated heterocycles. The minimum atomic E-state index is -0.158. The third kappa shape index (κ3) is 3.07. The average Bonchev–Trinajstić information content (AvgIpc) is 2.63. The van der Waals surface area contributed by atoms with Crippen molar-refractivity contribution in [3.8, 4) is 5.75 Å². The molecule has 2 N–H and O–H groups in total. The molecule has 5 nitrogen and oxygen atoms in total. The molecule has 0 fully saturated rings. The third-order valence-corrected chi connectivity index (χ3v) is 2.26. The minimum absolute atomic E-state index is 0.158. The second-order valence-corrected chi connectivity index (χ2v) is 3.77. The molecule has 0 radical (unpaired) electrons. The van der Waals surface area contributed by atoms with Gasteiger partial charge in [0, 0.05) is 19.3 Å². The summed E-state index contributed by atoms with van der Waals surface area (Å²) in [5.74, 6) is 0.528. The van der Waals surface area contributed by atoms with Gasteiger partial charge in [-0.05, 0) is 17.7 Å². The van der Waals surface area contributed by atoms with Gasteiger partial charge in [0.1, 0.15) is 5.75 Å². The van der Waals surface area contributed by atoms with Crippen LogP contribution in [-0.2, 0) is 18.3 Å². The fourth-order valence-electron chi connectivity index (χ4n) is 1.52. The number of carbonyl (C=O) groups excluding carboxylic acids is 1. The van der Waals surface area contributed by atoms with Crippen molar-refractivity contribution < 1.29 is 9.90 Å². The number of hydrogen-bond donors (Lipinski definition) is 2. The van der Waals surface area contributed by atoms with Crippen molar-refractivity contribution in [2.24, 2.45) is 7.05 Å². The van der Waals surface area contributed by atoms with Crippen LogP contribution in [0.3, 0.4) is 0 Å². The van der Waals surface area contributed by atoms with Crippen LogP contribution in [0.15, 0.2) is 36.5 Å². The molecule has 1 amide bonds. The molecule has 17 heavy (non-hydrogen) atoms. The number of hydrogen-bond acceptors (Lipinski definition) is 3. The Kier molecular flexibility index (Phi) is 3.09. The Hall–Kier alpha value is -2.30. The first-order valence-electron chi connectivity index (χ1n) is 5.21. The van der Waals surface area contributed by atoms with E-state index < -0.39 is 0 Å². The summed E-state index contributed by atoms with van der Waals surface area (Å²) in [7, 11) is 1.78. The number of amides is 1. The van der Waals surface area contributed by atoms with Gasteiger partial charge in [-0.3, -0.25) is 9.48 Å². The van der Waals surface area contributed by atoms with Crippen molar-refractivity contribution in [1.29, 1.82) is 0 Å². The number of carbonyl (C=O) groups is 1. The van der Waals surface area contributed by atoms with Crippen LogP contribution in [0.1, 0.15) is 5.56 Å². The maximum Gasteiger partial charge on any atom is 0.229 e. The molecule has 2 aromatic rings. The molecule has 5 heteroatoms. The molecule has 0 saturated carbocycles. The molecule has 0 spiro atoms. The second kappa shape index (κ2) is 4.69. The maximum atomic E-state index is 11.7. The van der Waals surface area contributed by atoms with Crippen LogP contribution in [0.5, 0.6) is 5.75 Å². The van der Waals surface area contributed by atoms with Crippen LogP contribution in [0.4, 0.5) is 5.82 Å². The SMILES string of the molecule is Cn1ccc(NC(=O)Cc2cccc(O)c2)n1. The zero-order chi connectivity index (χ0) is 12.3. The fraction of sp³-hybridized carbons (Fsp3) is 0.167. The summed E-state index contributed by atoms with van der Waals surface area (Å²) in [5, 5.41) is 16.0. The van der Waals surface area contributed by atoms with Gasteiger partial charge in [-0.25, -0.2) is 0 Å². The number of nitrogens with one attached hydrogen (secondary N) is 1. The van der Waals surface area contributed by atoms with E-state index in [9.17, 15) is 9.90 Å². The summed E-state index contributed by atoms with van der Waals surface area (Å²) in [6.07, 6.45) is 1.97. The van der Waals surface area contributed by atoms with Gasteiger partial charge in [-0.2, -0.15) is 5.10 Å². The second-order valence-electron chi connectivity index (χ2n) is 3.77. The maximum absolute atomic E-state index is 11.7. The summed E-state index contributed by atoms with van der Waals surface area (Å²) in [6.45, 7) is 0. The van der Waals surface area contributed by atoms with Crippen LogP contribution >= 0.6 is 0 Å². The number of nitrogens with zero attached hydrogens (tertiary/aromatic N) is 2. The summed E-state index contributed by atoms with van der Waals surface area (Å²) >= 11 is 0. The lowest BCUT2D eigenvalue weighted by molar-refractivity contribution is -0.115. The number of benzene rings is 1. The smallest absolute Gasteiger partial charge is 0.229 e. The third-order valence-electron chi connectivity index (χ3n) is 2.26. The Morgan fingerprint density at radius 1 is 1.47 bits per heavy atom. The lowest BCUT2D eigenvalue weighted by Crippen LogP contribution is -2.14. The lowest BCUT2D eigenvalue weighted by Gasteiger charge is -2.02. The van der Waals surface area contributed by atoms with E-state index in [4.69, 9.17) is 0 Å². The van der Waals surface area contributed by atoms with E-state index in [1.165, 1.54) is 0 Å². The van der Waals surface area contributed by atoms with Gasteiger partial charge in [0.25, 0.3) is 0 Å². The van der Waals surface area contributed by atoms with Gasteiger partial charge in [0.15, 0.2) is 5.82 Å². The number of rotatable bonds is 3. The summed E-state index contributed by atoms with van der Waals surface area (Å²) in [6, 6.07) is 8.36. The molecule has 0 aliphatic rings. The van der Waals surface area contributed by atoms with Crippen molar-refractivity contribution in [3.05, 3.63) is 42.1 Å². The molecule has 2 rings (SSSR count). The molecule has 0 bridgehead atoms. The van der Waals surface area contributed by atoms with E-state index in [0.717, 1.165) is 5.56 Å². The number of anilines is 1. The molecular weight excluding hydrogens is 218 g/mol. The van der Waals surface area contributed by atoms with Gasteiger partial charge in [0.05, 0.1) is 6.42 Å². The van der Waals surface area contributed by atoms with Gasteiger partial charge in [-0.15, -0.1) is 0 Å². The summed E-state index contributed by atoms with van der Waals surface area (Å²) in [5.41, 5.74) is 0.762. The molecule has 0 unspecified atom stereocenters. The Morgan fingerprint density at radius 3 is 2.94 bits per heavy atom. The lowest BCUT2D eigenvalue weighted by atomic mass is 10.1. The van der Waals surface area contributed by atoms with Crippen LogP contribution in [0.2, 0.25) is 0 Å². The monoisotopic (exact) mass is 231 g/mol. The molecule has 88 valence electrons. The Labute approximate surface area is 98.7 Å². The molecule has 1 heterocycles. The highest BCUT2D eigenvalue weighted by molar-refractivity contribution is 5.91. The van der Waals surface area contributed by atoms with Gasteiger partial charge < -0.3 is 10.4 Å². The van der Waals surface area contributed by atoms with Crippen LogP contribution in [0.25, 0.3) is 0 Å². The average molecular weight is 231 g/mol. The zero-order valence-electron chi connectivity index (χ0n) is 9.42. The van der Waals surface area contributed by atoms with Crippen molar-refractivity contribution in [3.63, 3.8) is 0 Å². The topological polar surface area (TPSA) is 67.2 Å². The molecule has 1 aromatic heterocycles. The van der Waals surface area contributed by atoms with E-state index in [1.54, 1.807) is 48.3 Å². The highest BCUT2D eigenvalue weighted by atomic mass is 16.3. The van der Waals surface area contributed by atoms with Gasteiger partial charge >= 0.3 is 0 Å². The van der Waals surface area contributed by atoms with E-state index in [2.05, 4.69) is 10.4 Å². The minimum Gasteiger partial charge on any atom is -0.508 e.